The molecule has 2 heterocycles. The highest BCUT2D eigenvalue weighted by Gasteiger charge is 2.15. The second kappa shape index (κ2) is 5.18. The molecule has 0 saturated heterocycles. The minimum Gasteiger partial charge on any atom is -0.312 e. The van der Waals surface area contributed by atoms with E-state index < -0.39 is 0 Å². The van der Waals surface area contributed by atoms with E-state index in [0.717, 1.165) is 17.8 Å². The van der Waals surface area contributed by atoms with Crippen molar-refractivity contribution in [2.75, 3.05) is 7.05 Å². The maximum Gasteiger partial charge on any atom is 0.0798 e. The lowest BCUT2D eigenvalue weighted by Crippen LogP contribution is -2.19. The zero-order valence-corrected chi connectivity index (χ0v) is 10.3. The Morgan fingerprint density at radius 2 is 2.25 bits per heavy atom. The molecule has 1 atom stereocenters. The van der Waals surface area contributed by atoms with E-state index in [4.69, 9.17) is 0 Å². The standard InChI is InChI=1S/C12H15N3S/c1-9-12(16-8-15-9)11(13-2)7-10-5-3-4-6-14-10/h3-6,8,11,13H,7H2,1-2H3. The minimum absolute atomic E-state index is 0.308. The number of nitrogens with one attached hydrogen (secondary N) is 1. The van der Waals surface area contributed by atoms with Crippen LogP contribution < -0.4 is 5.32 Å². The predicted octanol–water partition coefficient (Wildman–Crippen LogP) is 2.35. The van der Waals surface area contributed by atoms with Crippen molar-refractivity contribution < 1.29 is 0 Å². The molecule has 2 rings (SSSR count). The van der Waals surface area contributed by atoms with Crippen LogP contribution in [0.15, 0.2) is 29.9 Å². The van der Waals surface area contributed by atoms with Gasteiger partial charge in [0, 0.05) is 29.2 Å². The third-order valence-corrected chi connectivity index (χ3v) is 3.63. The van der Waals surface area contributed by atoms with Crippen molar-refractivity contribution in [3.8, 4) is 0 Å². The van der Waals surface area contributed by atoms with Crippen LogP contribution >= 0.6 is 11.3 Å². The van der Waals surface area contributed by atoms with Crippen LogP contribution in [0, 0.1) is 6.92 Å². The van der Waals surface area contributed by atoms with Crippen LogP contribution in [0.2, 0.25) is 0 Å². The number of hydrogen-bond donors (Lipinski definition) is 1. The van der Waals surface area contributed by atoms with Gasteiger partial charge in [0.15, 0.2) is 0 Å². The molecule has 0 aromatic carbocycles. The summed E-state index contributed by atoms with van der Waals surface area (Å²) >= 11 is 1.70. The Morgan fingerprint density at radius 1 is 1.38 bits per heavy atom. The van der Waals surface area contributed by atoms with Gasteiger partial charge in [0.1, 0.15) is 0 Å². The fourth-order valence-electron chi connectivity index (χ4n) is 1.70. The first-order chi connectivity index (χ1) is 7.81. The van der Waals surface area contributed by atoms with E-state index >= 15 is 0 Å². The summed E-state index contributed by atoms with van der Waals surface area (Å²) in [6.45, 7) is 2.05. The third kappa shape index (κ3) is 2.46. The van der Waals surface area contributed by atoms with E-state index in [1.165, 1.54) is 4.88 Å². The van der Waals surface area contributed by atoms with Crippen LogP contribution in [0.25, 0.3) is 0 Å². The molecule has 0 bridgehead atoms. The number of thiazole rings is 1. The average molecular weight is 233 g/mol. The molecule has 0 aliphatic rings. The number of pyridine rings is 1. The summed E-state index contributed by atoms with van der Waals surface area (Å²) in [5, 5.41) is 3.32. The van der Waals surface area contributed by atoms with E-state index in [1.54, 1.807) is 11.3 Å². The molecule has 0 aliphatic carbocycles. The molecule has 3 nitrogen and oxygen atoms in total. The molecule has 0 spiro atoms. The zero-order valence-electron chi connectivity index (χ0n) is 9.47. The SMILES string of the molecule is CNC(Cc1ccccn1)c1scnc1C. The smallest absolute Gasteiger partial charge is 0.0798 e. The summed E-state index contributed by atoms with van der Waals surface area (Å²) < 4.78 is 0. The highest BCUT2D eigenvalue weighted by Crippen LogP contribution is 2.23. The van der Waals surface area contributed by atoms with Gasteiger partial charge < -0.3 is 5.32 Å². The Kier molecular flexibility index (Phi) is 3.64. The van der Waals surface area contributed by atoms with Crippen LogP contribution in [-0.2, 0) is 6.42 Å². The molecule has 0 fully saturated rings. The molecule has 0 aliphatic heterocycles. The van der Waals surface area contributed by atoms with Crippen molar-refractivity contribution in [3.05, 3.63) is 46.2 Å². The number of hydrogen-bond acceptors (Lipinski definition) is 4. The molecule has 1 unspecified atom stereocenters. The Hall–Kier alpha value is -1.26. The van der Waals surface area contributed by atoms with Crippen molar-refractivity contribution in [2.45, 2.75) is 19.4 Å². The number of likely N-dealkylation sites (N-methyl/N-ethyl adjacent to an activating group) is 1. The summed E-state index contributed by atoms with van der Waals surface area (Å²) in [5.41, 5.74) is 4.11. The number of aromatic nitrogens is 2. The van der Waals surface area contributed by atoms with Gasteiger partial charge in [-0.2, -0.15) is 0 Å². The van der Waals surface area contributed by atoms with Crippen LogP contribution in [-0.4, -0.2) is 17.0 Å². The number of aryl methyl sites for hydroxylation is 1. The van der Waals surface area contributed by atoms with Crippen LogP contribution in [0.5, 0.6) is 0 Å². The summed E-state index contributed by atoms with van der Waals surface area (Å²) in [4.78, 5) is 9.93. The molecular weight excluding hydrogens is 218 g/mol. The molecule has 2 aromatic rings. The fraction of sp³-hybridized carbons (Fsp3) is 0.333. The highest BCUT2D eigenvalue weighted by molar-refractivity contribution is 7.09. The lowest BCUT2D eigenvalue weighted by Gasteiger charge is -2.14. The van der Waals surface area contributed by atoms with Gasteiger partial charge in [-0.25, -0.2) is 4.98 Å². The molecule has 84 valence electrons. The monoisotopic (exact) mass is 233 g/mol. The fourth-order valence-corrected chi connectivity index (χ4v) is 2.61. The van der Waals surface area contributed by atoms with Gasteiger partial charge in [-0.15, -0.1) is 11.3 Å². The van der Waals surface area contributed by atoms with Crippen LogP contribution in [0.4, 0.5) is 0 Å². The number of nitrogens with zero attached hydrogens (tertiary/aromatic N) is 2. The van der Waals surface area contributed by atoms with E-state index in [2.05, 4.69) is 28.3 Å². The molecule has 0 radical (unpaired) electrons. The zero-order chi connectivity index (χ0) is 11.4. The molecule has 2 aromatic heterocycles. The lowest BCUT2D eigenvalue weighted by atomic mass is 10.1. The van der Waals surface area contributed by atoms with Crippen molar-refractivity contribution in [1.29, 1.82) is 0 Å². The topological polar surface area (TPSA) is 37.8 Å². The van der Waals surface area contributed by atoms with Crippen molar-refractivity contribution >= 4 is 11.3 Å². The van der Waals surface area contributed by atoms with Gasteiger partial charge in [-0.3, -0.25) is 4.98 Å². The largest absolute Gasteiger partial charge is 0.312 e. The predicted molar refractivity (Wildman–Crippen MR) is 66.6 cm³/mol. The summed E-state index contributed by atoms with van der Waals surface area (Å²) in [6, 6.07) is 6.33. The normalized spacial score (nSPS) is 12.6. The van der Waals surface area contributed by atoms with Gasteiger partial charge in [0.05, 0.1) is 11.2 Å². The Morgan fingerprint density at radius 3 is 2.81 bits per heavy atom. The molecule has 0 saturated carbocycles. The molecule has 0 amide bonds. The first-order valence-corrected chi connectivity index (χ1v) is 6.16. The van der Waals surface area contributed by atoms with E-state index in [0.29, 0.717) is 6.04 Å². The summed E-state index contributed by atoms with van der Waals surface area (Å²) in [5.74, 6) is 0. The maximum atomic E-state index is 4.35. The van der Waals surface area contributed by atoms with E-state index in [9.17, 15) is 0 Å². The van der Waals surface area contributed by atoms with Gasteiger partial charge in [0.2, 0.25) is 0 Å². The van der Waals surface area contributed by atoms with Crippen molar-refractivity contribution in [3.63, 3.8) is 0 Å². The second-order valence-corrected chi connectivity index (χ2v) is 4.55. The molecule has 16 heavy (non-hydrogen) atoms. The van der Waals surface area contributed by atoms with E-state index in [-0.39, 0.29) is 0 Å². The van der Waals surface area contributed by atoms with Gasteiger partial charge in [-0.1, -0.05) is 6.07 Å². The average Bonchev–Trinajstić information content (AvgIpc) is 2.74. The van der Waals surface area contributed by atoms with Crippen molar-refractivity contribution in [2.24, 2.45) is 0 Å². The van der Waals surface area contributed by atoms with Crippen molar-refractivity contribution in [1.82, 2.24) is 15.3 Å². The Bertz CT molecular complexity index is 439. The lowest BCUT2D eigenvalue weighted by molar-refractivity contribution is 0.590. The van der Waals surface area contributed by atoms with Crippen LogP contribution in [0.1, 0.15) is 22.3 Å². The van der Waals surface area contributed by atoms with Gasteiger partial charge in [0.25, 0.3) is 0 Å². The first kappa shape index (κ1) is 11.2. The van der Waals surface area contributed by atoms with Crippen LogP contribution in [0.3, 0.4) is 0 Å². The van der Waals surface area contributed by atoms with E-state index in [1.807, 2.05) is 30.9 Å². The first-order valence-electron chi connectivity index (χ1n) is 5.28. The Balaban J connectivity index is 2.16. The summed E-state index contributed by atoms with van der Waals surface area (Å²) in [6.07, 6.45) is 2.74. The third-order valence-electron chi connectivity index (χ3n) is 2.59. The quantitative estimate of drug-likeness (QED) is 0.881. The molecular formula is C12H15N3S. The number of rotatable bonds is 4. The Labute approximate surface area is 99.6 Å². The maximum absolute atomic E-state index is 4.35. The molecule has 1 N–H and O–H groups in total. The highest BCUT2D eigenvalue weighted by atomic mass is 32.1. The summed E-state index contributed by atoms with van der Waals surface area (Å²) in [7, 11) is 1.98. The minimum atomic E-state index is 0.308. The molecule has 4 heteroatoms. The second-order valence-electron chi connectivity index (χ2n) is 3.67. The van der Waals surface area contributed by atoms with Gasteiger partial charge >= 0.3 is 0 Å². The van der Waals surface area contributed by atoms with Gasteiger partial charge in [-0.05, 0) is 26.1 Å².